The second-order valence-corrected chi connectivity index (χ2v) is 8.30. The summed E-state index contributed by atoms with van der Waals surface area (Å²) in [5.41, 5.74) is 8.02. The molecule has 0 radical (unpaired) electrons. The van der Waals surface area contributed by atoms with Crippen LogP contribution in [0.2, 0.25) is 0 Å². The minimum absolute atomic E-state index is 0.0961. The van der Waals surface area contributed by atoms with Crippen molar-refractivity contribution in [1.29, 1.82) is 0 Å². The van der Waals surface area contributed by atoms with Crippen molar-refractivity contribution < 1.29 is 13.2 Å². The van der Waals surface area contributed by atoms with Crippen molar-refractivity contribution in [1.82, 2.24) is 9.62 Å². The summed E-state index contributed by atoms with van der Waals surface area (Å²) in [6.07, 6.45) is 1.84. The number of carbonyl (C=O) groups is 1. The third kappa shape index (κ3) is 5.03. The van der Waals surface area contributed by atoms with Gasteiger partial charge in [0, 0.05) is 19.1 Å². The van der Waals surface area contributed by atoms with Gasteiger partial charge in [0.2, 0.25) is 15.9 Å². The molecule has 1 atom stereocenters. The number of nitrogens with two attached hydrogens (primary N) is 1. The second-order valence-electron chi connectivity index (χ2n) is 6.42. The number of hydrogen-bond donors (Lipinski definition) is 2. The van der Waals surface area contributed by atoms with E-state index in [1.807, 2.05) is 38.1 Å². The van der Waals surface area contributed by atoms with Gasteiger partial charge in [-0.2, -0.15) is 0 Å². The monoisotopic (exact) mass is 353 g/mol. The Hall–Kier alpha value is -1.44. The number of nitrogens with zero attached hydrogens (tertiary/aromatic N) is 1. The largest absolute Gasteiger partial charge is 0.341 e. The number of likely N-dealkylation sites (tertiary alicyclic amines) is 1. The molecule has 0 aliphatic carbocycles. The number of carbonyl (C=O) groups excluding carboxylic acids is 1. The van der Waals surface area contributed by atoms with Crippen LogP contribution in [0.5, 0.6) is 0 Å². The van der Waals surface area contributed by atoms with E-state index in [1.165, 1.54) is 0 Å². The summed E-state index contributed by atoms with van der Waals surface area (Å²) in [5, 5.41) is 0. The van der Waals surface area contributed by atoms with Crippen molar-refractivity contribution in [3.05, 3.63) is 35.4 Å². The summed E-state index contributed by atoms with van der Waals surface area (Å²) in [6.45, 7) is 4.88. The van der Waals surface area contributed by atoms with Gasteiger partial charge in [0.25, 0.3) is 0 Å². The lowest BCUT2D eigenvalue weighted by atomic mass is 10.0. The maximum Gasteiger partial charge on any atom is 0.244 e. The number of nitrogens with one attached hydrogen (secondary N) is 1. The van der Waals surface area contributed by atoms with Crippen LogP contribution in [-0.2, 0) is 14.8 Å². The predicted molar refractivity (Wildman–Crippen MR) is 94.9 cm³/mol. The highest BCUT2D eigenvalue weighted by Crippen LogP contribution is 2.18. The zero-order valence-electron chi connectivity index (χ0n) is 14.4. The third-order valence-corrected chi connectivity index (χ3v) is 5.97. The van der Waals surface area contributed by atoms with Crippen molar-refractivity contribution in [2.24, 2.45) is 5.73 Å². The average Bonchev–Trinajstić information content (AvgIpc) is 2.54. The highest BCUT2D eigenvalue weighted by molar-refractivity contribution is 7.89. The summed E-state index contributed by atoms with van der Waals surface area (Å²) < 4.78 is 26.4. The average molecular weight is 353 g/mol. The van der Waals surface area contributed by atoms with Crippen molar-refractivity contribution >= 4 is 15.9 Å². The van der Waals surface area contributed by atoms with Gasteiger partial charge in [-0.3, -0.25) is 4.79 Å². The zero-order chi connectivity index (χ0) is 17.7. The van der Waals surface area contributed by atoms with E-state index in [9.17, 15) is 13.2 Å². The fourth-order valence-electron chi connectivity index (χ4n) is 2.91. The molecule has 1 fully saturated rings. The molecule has 1 aliphatic heterocycles. The molecule has 24 heavy (non-hydrogen) atoms. The van der Waals surface area contributed by atoms with Gasteiger partial charge in [0.05, 0.1) is 5.75 Å². The summed E-state index contributed by atoms with van der Waals surface area (Å²) in [5.74, 6) is 0.0403. The Morgan fingerprint density at radius 3 is 2.42 bits per heavy atom. The maximum atomic E-state index is 12.5. The molecule has 134 valence electrons. The third-order valence-electron chi connectivity index (χ3n) is 4.33. The van der Waals surface area contributed by atoms with E-state index in [2.05, 4.69) is 4.72 Å². The minimum atomic E-state index is -3.21. The zero-order valence-corrected chi connectivity index (χ0v) is 15.2. The molecule has 6 nitrogen and oxygen atoms in total. The van der Waals surface area contributed by atoms with Gasteiger partial charge >= 0.3 is 0 Å². The summed E-state index contributed by atoms with van der Waals surface area (Å²) in [4.78, 5) is 14.3. The lowest BCUT2D eigenvalue weighted by Crippen LogP contribution is -2.49. The van der Waals surface area contributed by atoms with E-state index in [0.717, 1.165) is 11.1 Å². The molecule has 3 N–H and O–H groups in total. The van der Waals surface area contributed by atoms with Crippen LogP contribution in [-0.4, -0.2) is 44.1 Å². The Morgan fingerprint density at radius 2 is 1.88 bits per heavy atom. The standard InChI is InChI=1S/C17H27N3O3S/c1-3-12-24(22,23)19-15-8-10-20(11-9-15)17(21)16(18)14-6-4-13(2)5-7-14/h4-7,15-16,19H,3,8-12,18H2,1-2H3. The van der Waals surface area contributed by atoms with Gasteiger partial charge in [-0.1, -0.05) is 36.8 Å². The van der Waals surface area contributed by atoms with Crippen LogP contribution in [0, 0.1) is 6.92 Å². The van der Waals surface area contributed by atoms with Crippen molar-refractivity contribution in [3.8, 4) is 0 Å². The second kappa shape index (κ2) is 8.09. The first-order valence-electron chi connectivity index (χ1n) is 8.43. The van der Waals surface area contributed by atoms with Gasteiger partial charge in [-0.05, 0) is 31.7 Å². The summed E-state index contributed by atoms with van der Waals surface area (Å²) >= 11 is 0. The molecule has 1 unspecified atom stereocenters. The molecule has 1 aromatic carbocycles. The van der Waals surface area contributed by atoms with Crippen LogP contribution in [0.1, 0.15) is 43.4 Å². The SMILES string of the molecule is CCCS(=O)(=O)NC1CCN(C(=O)C(N)c2ccc(C)cc2)CC1. The van der Waals surface area contributed by atoms with Gasteiger partial charge < -0.3 is 10.6 Å². The van der Waals surface area contributed by atoms with Crippen LogP contribution >= 0.6 is 0 Å². The van der Waals surface area contributed by atoms with Crippen molar-refractivity contribution in [2.45, 2.75) is 45.2 Å². The van der Waals surface area contributed by atoms with E-state index in [0.29, 0.717) is 32.4 Å². The Kier molecular flexibility index (Phi) is 6.37. The van der Waals surface area contributed by atoms with Gasteiger partial charge in [-0.25, -0.2) is 13.1 Å². The lowest BCUT2D eigenvalue weighted by Gasteiger charge is -2.33. The smallest absolute Gasteiger partial charge is 0.244 e. The number of aryl methyl sites for hydroxylation is 1. The Morgan fingerprint density at radius 1 is 1.29 bits per heavy atom. The molecule has 1 heterocycles. The fourth-order valence-corrected chi connectivity index (χ4v) is 4.31. The fraction of sp³-hybridized carbons (Fsp3) is 0.588. The van der Waals surface area contributed by atoms with E-state index in [-0.39, 0.29) is 17.7 Å². The highest BCUT2D eigenvalue weighted by Gasteiger charge is 2.28. The topological polar surface area (TPSA) is 92.5 Å². The van der Waals surface area contributed by atoms with Gasteiger partial charge in [0.15, 0.2) is 0 Å². The molecule has 0 aromatic heterocycles. The van der Waals surface area contributed by atoms with Crippen LogP contribution in [0.4, 0.5) is 0 Å². The molecule has 1 aliphatic rings. The number of sulfonamides is 1. The van der Waals surface area contributed by atoms with E-state index in [4.69, 9.17) is 5.73 Å². The van der Waals surface area contributed by atoms with E-state index >= 15 is 0 Å². The summed E-state index contributed by atoms with van der Waals surface area (Å²) in [7, 11) is -3.21. The Bertz CT molecular complexity index is 650. The highest BCUT2D eigenvalue weighted by atomic mass is 32.2. The first-order chi connectivity index (χ1) is 11.3. The molecule has 0 saturated carbocycles. The summed E-state index contributed by atoms with van der Waals surface area (Å²) in [6, 6.07) is 6.88. The maximum absolute atomic E-state index is 12.5. The van der Waals surface area contributed by atoms with E-state index < -0.39 is 16.1 Å². The van der Waals surface area contributed by atoms with E-state index in [1.54, 1.807) is 4.90 Å². The first-order valence-corrected chi connectivity index (χ1v) is 10.1. The number of piperidine rings is 1. The van der Waals surface area contributed by atoms with Crippen molar-refractivity contribution in [2.75, 3.05) is 18.8 Å². The normalized spacial score (nSPS) is 17.7. The van der Waals surface area contributed by atoms with Gasteiger partial charge in [0.1, 0.15) is 6.04 Å². The Balaban J connectivity index is 1.89. The molecule has 1 aromatic rings. The Labute approximate surface area is 144 Å². The molecule has 2 rings (SSSR count). The molecule has 7 heteroatoms. The molecular weight excluding hydrogens is 326 g/mol. The van der Waals surface area contributed by atoms with Crippen LogP contribution in [0.15, 0.2) is 24.3 Å². The quantitative estimate of drug-likeness (QED) is 0.806. The number of hydrogen-bond acceptors (Lipinski definition) is 4. The van der Waals surface area contributed by atoms with Crippen LogP contribution in [0.25, 0.3) is 0 Å². The predicted octanol–water partition coefficient (Wildman–Crippen LogP) is 1.32. The van der Waals surface area contributed by atoms with Crippen LogP contribution in [0.3, 0.4) is 0 Å². The lowest BCUT2D eigenvalue weighted by molar-refractivity contribution is -0.133. The molecular formula is C17H27N3O3S. The molecule has 0 bridgehead atoms. The first kappa shape index (κ1) is 18.9. The number of amides is 1. The minimum Gasteiger partial charge on any atom is -0.341 e. The molecule has 1 amide bonds. The van der Waals surface area contributed by atoms with Crippen molar-refractivity contribution in [3.63, 3.8) is 0 Å². The number of benzene rings is 1. The number of rotatable bonds is 6. The van der Waals surface area contributed by atoms with Crippen LogP contribution < -0.4 is 10.5 Å². The van der Waals surface area contributed by atoms with Gasteiger partial charge in [-0.15, -0.1) is 0 Å². The molecule has 0 spiro atoms. The molecule has 1 saturated heterocycles.